The monoisotopic (exact) mass is 321 g/mol. The van der Waals surface area contributed by atoms with Gasteiger partial charge in [-0.2, -0.15) is 0 Å². The molecule has 2 aliphatic carbocycles. The van der Waals surface area contributed by atoms with Crippen LogP contribution in [-0.2, 0) is 0 Å². The molecule has 0 aliphatic heterocycles. The zero-order valence-electron chi connectivity index (χ0n) is 11.3. The van der Waals surface area contributed by atoms with Gasteiger partial charge in [-0.25, -0.2) is 0 Å². The molecule has 0 radical (unpaired) electrons. The average Bonchev–Trinajstić information content (AvgIpc) is 3.00. The van der Waals surface area contributed by atoms with Crippen molar-refractivity contribution < 1.29 is 4.79 Å². The van der Waals surface area contributed by atoms with E-state index in [1.54, 1.807) is 0 Å². The highest BCUT2D eigenvalue weighted by Gasteiger charge is 2.40. The van der Waals surface area contributed by atoms with Crippen LogP contribution in [0.25, 0.3) is 0 Å². The number of hydrogen-bond acceptors (Lipinski definition) is 1. The fourth-order valence-corrected chi connectivity index (χ4v) is 4.28. The Balaban J connectivity index is 1.64. The lowest BCUT2D eigenvalue weighted by molar-refractivity contribution is 0.0754. The third kappa shape index (κ3) is 2.71. The van der Waals surface area contributed by atoms with Gasteiger partial charge in [0.05, 0.1) is 0 Å². The SMILES string of the molecule is CN(CC1CC2CCC1C2)C(=O)c1cccc(Br)c1. The molecule has 2 saturated carbocycles. The second-order valence-electron chi connectivity index (χ2n) is 6.13. The third-order valence-electron chi connectivity index (χ3n) is 4.81. The number of benzene rings is 1. The molecule has 0 N–H and O–H groups in total. The Hall–Kier alpha value is -0.830. The van der Waals surface area contributed by atoms with E-state index < -0.39 is 0 Å². The van der Waals surface area contributed by atoms with Crippen LogP contribution in [0.2, 0.25) is 0 Å². The topological polar surface area (TPSA) is 20.3 Å². The number of hydrogen-bond donors (Lipinski definition) is 0. The molecule has 3 heteroatoms. The molecule has 3 unspecified atom stereocenters. The Kier molecular flexibility index (Phi) is 3.66. The van der Waals surface area contributed by atoms with E-state index in [0.717, 1.165) is 34.3 Å². The lowest BCUT2D eigenvalue weighted by atomic mass is 9.88. The minimum atomic E-state index is 0.143. The molecule has 102 valence electrons. The molecule has 1 amide bonds. The number of halogens is 1. The number of carbonyl (C=O) groups excluding carboxylic acids is 1. The van der Waals surface area contributed by atoms with E-state index in [4.69, 9.17) is 0 Å². The van der Waals surface area contributed by atoms with Gasteiger partial charge in [0, 0.05) is 23.6 Å². The summed E-state index contributed by atoms with van der Waals surface area (Å²) in [6.07, 6.45) is 5.54. The maximum absolute atomic E-state index is 12.4. The number of carbonyl (C=O) groups is 1. The largest absolute Gasteiger partial charge is 0.341 e. The molecule has 0 saturated heterocycles. The highest BCUT2D eigenvalue weighted by atomic mass is 79.9. The van der Waals surface area contributed by atoms with Gasteiger partial charge in [-0.1, -0.05) is 28.4 Å². The standard InChI is InChI=1S/C16H20BrNO/c1-18(10-14-8-11-5-6-12(14)7-11)16(19)13-3-2-4-15(17)9-13/h2-4,9,11-12,14H,5-8,10H2,1H3. The molecule has 2 nitrogen and oxygen atoms in total. The van der Waals surface area contributed by atoms with Crippen LogP contribution in [0.5, 0.6) is 0 Å². The predicted molar refractivity (Wildman–Crippen MR) is 80.0 cm³/mol. The number of nitrogens with zero attached hydrogens (tertiary/aromatic N) is 1. The van der Waals surface area contributed by atoms with Crippen LogP contribution >= 0.6 is 15.9 Å². The van der Waals surface area contributed by atoms with E-state index in [2.05, 4.69) is 15.9 Å². The van der Waals surface area contributed by atoms with Gasteiger partial charge in [-0.05, 0) is 55.2 Å². The fraction of sp³-hybridized carbons (Fsp3) is 0.562. The summed E-state index contributed by atoms with van der Waals surface area (Å²) in [7, 11) is 1.94. The van der Waals surface area contributed by atoms with E-state index in [1.165, 1.54) is 25.7 Å². The van der Waals surface area contributed by atoms with Crippen LogP contribution < -0.4 is 0 Å². The molecule has 2 bridgehead atoms. The van der Waals surface area contributed by atoms with Crippen LogP contribution in [-0.4, -0.2) is 24.4 Å². The minimum absolute atomic E-state index is 0.143. The molecule has 1 aromatic rings. The quantitative estimate of drug-likeness (QED) is 0.825. The molecular formula is C16H20BrNO. The summed E-state index contributed by atoms with van der Waals surface area (Å²) >= 11 is 3.42. The van der Waals surface area contributed by atoms with Crippen molar-refractivity contribution in [3.05, 3.63) is 34.3 Å². The van der Waals surface area contributed by atoms with E-state index in [9.17, 15) is 4.79 Å². The number of rotatable bonds is 3. The van der Waals surface area contributed by atoms with E-state index in [1.807, 2.05) is 36.2 Å². The summed E-state index contributed by atoms with van der Waals surface area (Å²) < 4.78 is 0.965. The summed E-state index contributed by atoms with van der Waals surface area (Å²) in [4.78, 5) is 14.3. The molecule has 3 atom stereocenters. The summed E-state index contributed by atoms with van der Waals surface area (Å²) in [5.74, 6) is 2.70. The molecule has 1 aromatic carbocycles. The van der Waals surface area contributed by atoms with E-state index in [-0.39, 0.29) is 5.91 Å². The van der Waals surface area contributed by atoms with Gasteiger partial charge in [0.25, 0.3) is 5.91 Å². The lowest BCUT2D eigenvalue weighted by Crippen LogP contribution is -2.33. The van der Waals surface area contributed by atoms with Crippen molar-refractivity contribution >= 4 is 21.8 Å². The van der Waals surface area contributed by atoms with E-state index >= 15 is 0 Å². The Morgan fingerprint density at radius 3 is 2.84 bits per heavy atom. The Morgan fingerprint density at radius 1 is 1.37 bits per heavy atom. The fourth-order valence-electron chi connectivity index (χ4n) is 3.88. The van der Waals surface area contributed by atoms with Gasteiger partial charge in [0.1, 0.15) is 0 Å². The summed E-state index contributed by atoms with van der Waals surface area (Å²) in [6.45, 7) is 0.923. The molecule has 2 fully saturated rings. The second kappa shape index (κ2) is 5.28. The minimum Gasteiger partial charge on any atom is -0.341 e. The zero-order valence-corrected chi connectivity index (χ0v) is 12.9. The van der Waals surface area contributed by atoms with Crippen LogP contribution in [0.4, 0.5) is 0 Å². The first-order valence-corrected chi connectivity index (χ1v) is 7.94. The molecule has 0 heterocycles. The van der Waals surface area contributed by atoms with Gasteiger partial charge < -0.3 is 4.90 Å². The maximum atomic E-state index is 12.4. The van der Waals surface area contributed by atoms with Crippen molar-refractivity contribution in [2.45, 2.75) is 25.7 Å². The summed E-state index contributed by atoms with van der Waals surface area (Å²) in [5, 5.41) is 0. The Labute approximate surface area is 123 Å². The van der Waals surface area contributed by atoms with Gasteiger partial charge in [-0.15, -0.1) is 0 Å². The highest BCUT2D eigenvalue weighted by molar-refractivity contribution is 9.10. The molecule has 0 spiro atoms. The molecule has 3 rings (SSSR count). The first-order valence-electron chi connectivity index (χ1n) is 7.14. The highest BCUT2D eigenvalue weighted by Crippen LogP contribution is 2.48. The van der Waals surface area contributed by atoms with Gasteiger partial charge >= 0.3 is 0 Å². The smallest absolute Gasteiger partial charge is 0.253 e. The van der Waals surface area contributed by atoms with Crippen molar-refractivity contribution in [3.63, 3.8) is 0 Å². The second-order valence-corrected chi connectivity index (χ2v) is 7.05. The molecular weight excluding hydrogens is 302 g/mol. The third-order valence-corrected chi connectivity index (χ3v) is 5.30. The molecule has 2 aliphatic rings. The molecule has 19 heavy (non-hydrogen) atoms. The van der Waals surface area contributed by atoms with E-state index in [0.29, 0.717) is 0 Å². The van der Waals surface area contributed by atoms with Crippen molar-refractivity contribution in [3.8, 4) is 0 Å². The lowest BCUT2D eigenvalue weighted by Gasteiger charge is -2.27. The average molecular weight is 322 g/mol. The Bertz CT molecular complexity index is 487. The van der Waals surface area contributed by atoms with Crippen molar-refractivity contribution in [2.75, 3.05) is 13.6 Å². The van der Waals surface area contributed by atoms with Gasteiger partial charge in [0.15, 0.2) is 0 Å². The van der Waals surface area contributed by atoms with Crippen molar-refractivity contribution in [1.82, 2.24) is 4.90 Å². The van der Waals surface area contributed by atoms with Crippen molar-refractivity contribution in [1.29, 1.82) is 0 Å². The first kappa shape index (κ1) is 13.2. The number of fused-ring (bicyclic) bond motifs is 2. The zero-order chi connectivity index (χ0) is 13.4. The van der Waals surface area contributed by atoms with Gasteiger partial charge in [0.2, 0.25) is 0 Å². The van der Waals surface area contributed by atoms with Crippen LogP contribution in [0.3, 0.4) is 0 Å². The maximum Gasteiger partial charge on any atom is 0.253 e. The number of amides is 1. The normalized spacial score (nSPS) is 28.6. The summed E-state index contributed by atoms with van der Waals surface area (Å²) in [5.41, 5.74) is 0.778. The van der Waals surface area contributed by atoms with Crippen LogP contribution in [0.1, 0.15) is 36.0 Å². The predicted octanol–water partition coefficient (Wildman–Crippen LogP) is 3.96. The molecule has 0 aromatic heterocycles. The van der Waals surface area contributed by atoms with Gasteiger partial charge in [-0.3, -0.25) is 4.79 Å². The van der Waals surface area contributed by atoms with Crippen LogP contribution in [0, 0.1) is 17.8 Å². The van der Waals surface area contributed by atoms with Crippen LogP contribution in [0.15, 0.2) is 28.7 Å². The summed E-state index contributed by atoms with van der Waals surface area (Å²) in [6, 6.07) is 7.67. The first-order chi connectivity index (χ1) is 9.13. The van der Waals surface area contributed by atoms with Crippen molar-refractivity contribution in [2.24, 2.45) is 17.8 Å². The Morgan fingerprint density at radius 2 is 2.21 bits per heavy atom.